The molecule has 3 aromatic carbocycles. The van der Waals surface area contributed by atoms with E-state index in [0.29, 0.717) is 17.7 Å². The first-order valence-electron chi connectivity index (χ1n) is 10.6. The number of methoxy groups -OCH3 is 1. The fraction of sp³-hybridized carbons (Fsp3) is 0.154. The number of amides is 2. The van der Waals surface area contributed by atoms with Crippen molar-refractivity contribution >= 4 is 28.4 Å². The zero-order chi connectivity index (χ0) is 23.4. The maximum atomic E-state index is 14.0. The molecule has 0 spiro atoms. The molecule has 7 heteroatoms. The van der Waals surface area contributed by atoms with E-state index in [1.807, 2.05) is 24.3 Å². The molecule has 0 fully saturated rings. The van der Waals surface area contributed by atoms with Crippen molar-refractivity contribution in [1.82, 2.24) is 10.3 Å². The van der Waals surface area contributed by atoms with Gasteiger partial charge in [-0.05, 0) is 72.1 Å². The Hall–Kier alpha value is -4.13. The number of hydrogen-bond donors (Lipinski definition) is 3. The molecule has 4 rings (SSSR count). The van der Waals surface area contributed by atoms with Crippen molar-refractivity contribution in [2.24, 2.45) is 0 Å². The second-order valence-corrected chi connectivity index (χ2v) is 7.57. The fourth-order valence-electron chi connectivity index (χ4n) is 3.86. The zero-order valence-electron chi connectivity index (χ0n) is 18.4. The zero-order valence-corrected chi connectivity index (χ0v) is 18.4. The average Bonchev–Trinajstić information content (AvgIpc) is 3.20. The van der Waals surface area contributed by atoms with Gasteiger partial charge in [-0.2, -0.15) is 0 Å². The van der Waals surface area contributed by atoms with Crippen LogP contribution in [0.4, 0.5) is 10.1 Å². The van der Waals surface area contributed by atoms with Crippen LogP contribution >= 0.6 is 0 Å². The van der Waals surface area contributed by atoms with Crippen molar-refractivity contribution in [3.8, 4) is 17.0 Å². The van der Waals surface area contributed by atoms with Gasteiger partial charge in [0.1, 0.15) is 11.6 Å². The molecule has 168 valence electrons. The number of hydrogen-bond acceptors (Lipinski definition) is 3. The smallest absolute Gasteiger partial charge is 0.253 e. The number of anilines is 1. The van der Waals surface area contributed by atoms with Crippen molar-refractivity contribution in [1.29, 1.82) is 0 Å². The maximum Gasteiger partial charge on any atom is 0.253 e. The van der Waals surface area contributed by atoms with Crippen LogP contribution in [0.15, 0.2) is 66.7 Å². The Morgan fingerprint density at radius 2 is 1.79 bits per heavy atom. The molecular weight excluding hydrogens is 421 g/mol. The number of aryl methyl sites for hydroxylation is 1. The third-order valence-electron chi connectivity index (χ3n) is 5.52. The molecule has 0 atom stereocenters. The van der Waals surface area contributed by atoms with E-state index < -0.39 is 0 Å². The number of aromatic amines is 1. The lowest BCUT2D eigenvalue weighted by Gasteiger charge is -2.11. The Morgan fingerprint density at radius 1 is 1.03 bits per heavy atom. The second-order valence-electron chi connectivity index (χ2n) is 7.57. The lowest BCUT2D eigenvalue weighted by molar-refractivity contribution is -0.116. The van der Waals surface area contributed by atoms with Gasteiger partial charge in [-0.25, -0.2) is 4.39 Å². The van der Waals surface area contributed by atoms with Gasteiger partial charge < -0.3 is 20.4 Å². The summed E-state index contributed by atoms with van der Waals surface area (Å²) < 4.78 is 19.3. The highest BCUT2D eigenvalue weighted by atomic mass is 19.1. The molecule has 1 heterocycles. The highest BCUT2D eigenvalue weighted by Gasteiger charge is 2.17. The van der Waals surface area contributed by atoms with Crippen molar-refractivity contribution in [2.45, 2.75) is 12.8 Å². The van der Waals surface area contributed by atoms with E-state index >= 15 is 0 Å². The topological polar surface area (TPSA) is 83.2 Å². The van der Waals surface area contributed by atoms with E-state index in [9.17, 15) is 14.0 Å². The van der Waals surface area contributed by atoms with Gasteiger partial charge in [-0.1, -0.05) is 12.1 Å². The molecule has 0 saturated heterocycles. The molecule has 33 heavy (non-hydrogen) atoms. The van der Waals surface area contributed by atoms with Crippen LogP contribution in [-0.4, -0.2) is 31.0 Å². The number of benzene rings is 3. The summed E-state index contributed by atoms with van der Waals surface area (Å²) in [6, 6.07) is 19.0. The Kier molecular flexibility index (Phi) is 6.40. The third-order valence-corrected chi connectivity index (χ3v) is 5.52. The van der Waals surface area contributed by atoms with Gasteiger partial charge in [0.2, 0.25) is 5.91 Å². The summed E-state index contributed by atoms with van der Waals surface area (Å²) >= 11 is 0. The van der Waals surface area contributed by atoms with E-state index in [2.05, 4.69) is 15.6 Å². The fourth-order valence-corrected chi connectivity index (χ4v) is 3.86. The number of rotatable bonds is 7. The number of ether oxygens (including phenoxy) is 1. The lowest BCUT2D eigenvalue weighted by atomic mass is 10.0. The molecule has 0 aliphatic rings. The first kappa shape index (κ1) is 22.1. The van der Waals surface area contributed by atoms with Crippen LogP contribution in [0.1, 0.15) is 22.3 Å². The molecule has 0 aliphatic heterocycles. The van der Waals surface area contributed by atoms with Crippen LogP contribution in [-0.2, 0) is 11.2 Å². The number of H-pyrrole nitrogens is 1. The molecule has 0 unspecified atom stereocenters. The molecule has 0 bridgehead atoms. The summed E-state index contributed by atoms with van der Waals surface area (Å²) in [6.07, 6.45) is 0.549. The molecule has 2 amide bonds. The maximum absolute atomic E-state index is 14.0. The number of carbonyl (C=O) groups excluding carboxylic acids is 2. The standard InChI is InChI=1S/C26H24FN3O3/c1-28-26(32)20-5-3-4-6-22(20)29-24(31)14-12-19-21-15-17(27)9-13-23(21)30-25(19)16-7-10-18(33-2)11-8-16/h3-11,13,15,30H,12,14H2,1-2H3,(H,28,32)(H,29,31). The van der Waals surface area contributed by atoms with Gasteiger partial charge in [-0.15, -0.1) is 0 Å². The Morgan fingerprint density at radius 3 is 2.52 bits per heavy atom. The average molecular weight is 445 g/mol. The number of fused-ring (bicyclic) bond motifs is 1. The second kappa shape index (κ2) is 9.56. The Labute approximate surface area is 190 Å². The molecule has 0 saturated carbocycles. The SMILES string of the molecule is CNC(=O)c1ccccc1NC(=O)CCc1c(-c2ccc(OC)cc2)[nH]c2ccc(F)cc12. The molecule has 0 aliphatic carbocycles. The highest BCUT2D eigenvalue weighted by molar-refractivity contribution is 6.03. The first-order chi connectivity index (χ1) is 16.0. The van der Waals surface area contributed by atoms with Crippen molar-refractivity contribution in [3.05, 3.63) is 83.7 Å². The van der Waals surface area contributed by atoms with Crippen LogP contribution in [0.25, 0.3) is 22.2 Å². The van der Waals surface area contributed by atoms with Crippen LogP contribution in [0.3, 0.4) is 0 Å². The van der Waals surface area contributed by atoms with E-state index in [-0.39, 0.29) is 24.1 Å². The van der Waals surface area contributed by atoms with Gasteiger partial charge in [0, 0.05) is 30.1 Å². The van der Waals surface area contributed by atoms with Gasteiger partial charge in [0.05, 0.1) is 18.4 Å². The molecule has 1 aromatic heterocycles. The summed E-state index contributed by atoms with van der Waals surface area (Å²) in [6.45, 7) is 0. The molecule has 6 nitrogen and oxygen atoms in total. The summed E-state index contributed by atoms with van der Waals surface area (Å²) in [5.74, 6) is -0.123. The van der Waals surface area contributed by atoms with Crippen molar-refractivity contribution < 1.29 is 18.7 Å². The number of carbonyl (C=O) groups is 2. The van der Waals surface area contributed by atoms with Crippen LogP contribution in [0.5, 0.6) is 5.75 Å². The Balaban J connectivity index is 1.61. The van der Waals surface area contributed by atoms with Gasteiger partial charge >= 0.3 is 0 Å². The van der Waals surface area contributed by atoms with Crippen LogP contribution in [0, 0.1) is 5.82 Å². The van der Waals surface area contributed by atoms with Gasteiger partial charge in [-0.3, -0.25) is 9.59 Å². The summed E-state index contributed by atoms with van der Waals surface area (Å²) in [4.78, 5) is 28.2. The molecule has 4 aromatic rings. The number of para-hydroxylation sites is 1. The van der Waals surface area contributed by atoms with E-state index in [1.165, 1.54) is 19.2 Å². The summed E-state index contributed by atoms with van der Waals surface area (Å²) in [7, 11) is 3.14. The number of aromatic nitrogens is 1. The number of halogens is 1. The predicted octanol–water partition coefficient (Wildman–Crippen LogP) is 4.91. The largest absolute Gasteiger partial charge is 0.497 e. The normalized spacial score (nSPS) is 10.8. The quantitative estimate of drug-likeness (QED) is 0.378. The van der Waals surface area contributed by atoms with Crippen LogP contribution in [0.2, 0.25) is 0 Å². The van der Waals surface area contributed by atoms with Crippen molar-refractivity contribution in [3.63, 3.8) is 0 Å². The van der Waals surface area contributed by atoms with Gasteiger partial charge in [0.15, 0.2) is 0 Å². The Bertz CT molecular complexity index is 1310. The lowest BCUT2D eigenvalue weighted by Crippen LogP contribution is -2.21. The van der Waals surface area contributed by atoms with E-state index in [0.717, 1.165) is 33.5 Å². The summed E-state index contributed by atoms with van der Waals surface area (Å²) in [5, 5.41) is 6.13. The van der Waals surface area contributed by atoms with Gasteiger partial charge in [0.25, 0.3) is 5.91 Å². The minimum atomic E-state index is -0.340. The first-order valence-corrected chi connectivity index (χ1v) is 10.6. The predicted molar refractivity (Wildman–Crippen MR) is 127 cm³/mol. The van der Waals surface area contributed by atoms with E-state index in [4.69, 9.17) is 4.74 Å². The molecule has 3 N–H and O–H groups in total. The highest BCUT2D eigenvalue weighted by Crippen LogP contribution is 2.33. The minimum absolute atomic E-state index is 0.161. The summed E-state index contributed by atoms with van der Waals surface area (Å²) in [5.41, 5.74) is 4.22. The number of nitrogens with one attached hydrogen (secondary N) is 3. The third kappa shape index (κ3) is 4.72. The minimum Gasteiger partial charge on any atom is -0.497 e. The molecular formula is C26H24FN3O3. The van der Waals surface area contributed by atoms with Crippen LogP contribution < -0.4 is 15.4 Å². The molecule has 0 radical (unpaired) electrons. The monoisotopic (exact) mass is 445 g/mol. The van der Waals surface area contributed by atoms with E-state index in [1.54, 1.807) is 37.4 Å². The van der Waals surface area contributed by atoms with Crippen molar-refractivity contribution in [2.75, 3.05) is 19.5 Å².